The zero-order valence-electron chi connectivity index (χ0n) is 17.1. The van der Waals surface area contributed by atoms with E-state index in [1.165, 1.54) is 18.0 Å². The van der Waals surface area contributed by atoms with E-state index in [1.54, 1.807) is 50.5 Å². The molecule has 156 valence electrons. The van der Waals surface area contributed by atoms with Crippen LogP contribution in [-0.4, -0.2) is 56.5 Å². The molecular weight excluding hydrogens is 410 g/mol. The van der Waals surface area contributed by atoms with Crippen molar-refractivity contribution in [3.63, 3.8) is 0 Å². The van der Waals surface area contributed by atoms with Crippen LogP contribution in [0.2, 0.25) is 0 Å². The summed E-state index contributed by atoms with van der Waals surface area (Å²) in [6.07, 6.45) is 0. The number of rotatable bonds is 6. The third-order valence-electron chi connectivity index (χ3n) is 4.28. The molecule has 0 aliphatic carbocycles. The van der Waals surface area contributed by atoms with Crippen molar-refractivity contribution in [2.45, 2.75) is 23.6 Å². The van der Waals surface area contributed by atoms with Gasteiger partial charge in [0.25, 0.3) is 5.24 Å². The number of anilines is 1. The largest absolute Gasteiger partial charge is 0.339 e. The SMILES string of the molecule is Cc1ccc(S(=O)(=O)N(C)CC(=O)Nc2ccccc2SC(=O)N(C)C)cc1C. The summed E-state index contributed by atoms with van der Waals surface area (Å²) in [5.74, 6) is -0.495. The van der Waals surface area contributed by atoms with Crippen LogP contribution in [0, 0.1) is 13.8 Å². The van der Waals surface area contributed by atoms with Crippen LogP contribution in [0.4, 0.5) is 10.5 Å². The Bertz CT molecular complexity index is 1020. The van der Waals surface area contributed by atoms with E-state index in [-0.39, 0.29) is 16.7 Å². The van der Waals surface area contributed by atoms with Gasteiger partial charge in [-0.2, -0.15) is 4.31 Å². The fraction of sp³-hybridized carbons (Fsp3) is 0.300. The highest BCUT2D eigenvalue weighted by Crippen LogP contribution is 2.28. The first-order valence-electron chi connectivity index (χ1n) is 8.84. The Balaban J connectivity index is 2.13. The molecular formula is C20H25N3O4S2. The zero-order valence-corrected chi connectivity index (χ0v) is 18.7. The number of hydrogen-bond donors (Lipinski definition) is 1. The molecule has 0 spiro atoms. The summed E-state index contributed by atoms with van der Waals surface area (Å²) in [5.41, 5.74) is 2.31. The maximum atomic E-state index is 12.8. The van der Waals surface area contributed by atoms with Gasteiger partial charge in [0, 0.05) is 26.0 Å². The van der Waals surface area contributed by atoms with E-state index in [2.05, 4.69) is 5.32 Å². The number of sulfonamides is 1. The summed E-state index contributed by atoms with van der Waals surface area (Å²) < 4.78 is 26.5. The Morgan fingerprint density at radius 1 is 1.00 bits per heavy atom. The molecule has 0 aliphatic rings. The summed E-state index contributed by atoms with van der Waals surface area (Å²) in [4.78, 5) is 26.6. The predicted octanol–water partition coefficient (Wildman–Crippen LogP) is 3.34. The van der Waals surface area contributed by atoms with Crippen molar-refractivity contribution in [1.82, 2.24) is 9.21 Å². The van der Waals surface area contributed by atoms with E-state index >= 15 is 0 Å². The molecule has 0 aromatic heterocycles. The van der Waals surface area contributed by atoms with Gasteiger partial charge in [-0.25, -0.2) is 8.42 Å². The maximum Gasteiger partial charge on any atom is 0.286 e. The van der Waals surface area contributed by atoms with Crippen LogP contribution >= 0.6 is 11.8 Å². The maximum absolute atomic E-state index is 12.8. The van der Waals surface area contributed by atoms with Gasteiger partial charge in [-0.05, 0) is 61.0 Å². The minimum absolute atomic E-state index is 0.142. The topological polar surface area (TPSA) is 86.8 Å². The summed E-state index contributed by atoms with van der Waals surface area (Å²) in [5, 5.41) is 2.51. The van der Waals surface area contributed by atoms with Crippen LogP contribution in [0.15, 0.2) is 52.3 Å². The Labute approximate surface area is 176 Å². The van der Waals surface area contributed by atoms with E-state index in [1.807, 2.05) is 13.8 Å². The Morgan fingerprint density at radius 2 is 1.66 bits per heavy atom. The zero-order chi connectivity index (χ0) is 21.8. The van der Waals surface area contributed by atoms with Crippen molar-refractivity contribution in [2.24, 2.45) is 0 Å². The molecule has 2 aromatic carbocycles. The number of likely N-dealkylation sites (N-methyl/N-ethyl adjacent to an activating group) is 1. The van der Waals surface area contributed by atoms with Crippen LogP contribution in [0.3, 0.4) is 0 Å². The normalized spacial score (nSPS) is 11.4. The number of para-hydroxylation sites is 1. The quantitative estimate of drug-likeness (QED) is 0.704. The Morgan fingerprint density at radius 3 is 2.28 bits per heavy atom. The monoisotopic (exact) mass is 435 g/mol. The number of thioether (sulfide) groups is 1. The standard InChI is InChI=1S/C20H25N3O4S2/c1-14-10-11-16(12-15(14)2)29(26,27)23(5)13-19(24)21-17-8-6-7-9-18(17)28-20(25)22(3)4/h6-12H,13H2,1-5H3,(H,21,24). The lowest BCUT2D eigenvalue weighted by Gasteiger charge is -2.18. The molecule has 0 aliphatic heterocycles. The molecule has 0 bridgehead atoms. The molecule has 2 aromatic rings. The van der Waals surface area contributed by atoms with E-state index in [0.29, 0.717) is 10.6 Å². The van der Waals surface area contributed by atoms with E-state index < -0.39 is 15.9 Å². The van der Waals surface area contributed by atoms with Gasteiger partial charge >= 0.3 is 0 Å². The molecule has 29 heavy (non-hydrogen) atoms. The molecule has 2 rings (SSSR count). The highest BCUT2D eigenvalue weighted by atomic mass is 32.2. The number of benzene rings is 2. The van der Waals surface area contributed by atoms with Crippen LogP contribution < -0.4 is 5.32 Å². The van der Waals surface area contributed by atoms with Gasteiger partial charge in [-0.15, -0.1) is 0 Å². The summed E-state index contributed by atoms with van der Waals surface area (Å²) in [7, 11) is 0.846. The number of amides is 2. The fourth-order valence-corrected chi connectivity index (χ4v) is 4.33. The highest BCUT2D eigenvalue weighted by Gasteiger charge is 2.24. The van der Waals surface area contributed by atoms with Gasteiger partial charge in [-0.1, -0.05) is 18.2 Å². The summed E-state index contributed by atoms with van der Waals surface area (Å²) in [6.45, 7) is 3.39. The molecule has 0 fully saturated rings. The van der Waals surface area contributed by atoms with E-state index in [9.17, 15) is 18.0 Å². The number of aryl methyl sites for hydroxylation is 2. The van der Waals surface area contributed by atoms with Crippen LogP contribution in [0.25, 0.3) is 0 Å². The second kappa shape index (κ2) is 9.43. The van der Waals surface area contributed by atoms with E-state index in [4.69, 9.17) is 0 Å². The highest BCUT2D eigenvalue weighted by molar-refractivity contribution is 8.13. The summed E-state index contributed by atoms with van der Waals surface area (Å²) in [6, 6.07) is 11.7. The average Bonchev–Trinajstić information content (AvgIpc) is 2.65. The minimum atomic E-state index is -3.80. The summed E-state index contributed by atoms with van der Waals surface area (Å²) >= 11 is 0.985. The van der Waals surface area contributed by atoms with Crippen molar-refractivity contribution in [1.29, 1.82) is 0 Å². The third-order valence-corrected chi connectivity index (χ3v) is 7.19. The second-order valence-corrected chi connectivity index (χ2v) is 9.85. The first kappa shape index (κ1) is 22.9. The van der Waals surface area contributed by atoms with Crippen LogP contribution in [-0.2, 0) is 14.8 Å². The van der Waals surface area contributed by atoms with Crippen molar-refractivity contribution >= 4 is 38.6 Å². The predicted molar refractivity (Wildman–Crippen MR) is 116 cm³/mol. The van der Waals surface area contributed by atoms with Gasteiger partial charge in [0.1, 0.15) is 0 Å². The van der Waals surface area contributed by atoms with Crippen LogP contribution in [0.5, 0.6) is 0 Å². The van der Waals surface area contributed by atoms with Crippen LogP contribution in [0.1, 0.15) is 11.1 Å². The number of nitrogens with one attached hydrogen (secondary N) is 1. The van der Waals surface area contributed by atoms with Crippen molar-refractivity contribution < 1.29 is 18.0 Å². The Kier molecular flexibility index (Phi) is 7.45. The molecule has 0 atom stereocenters. The Hall–Kier alpha value is -2.36. The van der Waals surface area contributed by atoms with Gasteiger partial charge < -0.3 is 10.2 Å². The third kappa shape index (κ3) is 5.81. The first-order valence-corrected chi connectivity index (χ1v) is 11.1. The molecule has 9 heteroatoms. The van der Waals surface area contributed by atoms with Gasteiger partial charge in [0.15, 0.2) is 0 Å². The molecule has 2 amide bonds. The van der Waals surface area contributed by atoms with Gasteiger partial charge in [0.2, 0.25) is 15.9 Å². The van der Waals surface area contributed by atoms with Gasteiger partial charge in [-0.3, -0.25) is 9.59 Å². The van der Waals surface area contributed by atoms with E-state index in [0.717, 1.165) is 27.2 Å². The lowest BCUT2D eigenvalue weighted by molar-refractivity contribution is -0.116. The molecule has 0 saturated heterocycles. The average molecular weight is 436 g/mol. The lowest BCUT2D eigenvalue weighted by atomic mass is 10.1. The van der Waals surface area contributed by atoms with Crippen molar-refractivity contribution in [3.05, 3.63) is 53.6 Å². The number of nitrogens with zero attached hydrogens (tertiary/aromatic N) is 2. The first-order chi connectivity index (χ1) is 13.5. The molecule has 0 unspecified atom stereocenters. The van der Waals surface area contributed by atoms with Crippen molar-refractivity contribution in [3.8, 4) is 0 Å². The van der Waals surface area contributed by atoms with Gasteiger partial charge in [0.05, 0.1) is 17.1 Å². The number of carbonyl (C=O) groups excluding carboxylic acids is 2. The molecule has 0 saturated carbocycles. The smallest absolute Gasteiger partial charge is 0.286 e. The fourth-order valence-electron chi connectivity index (χ4n) is 2.38. The number of carbonyl (C=O) groups is 2. The second-order valence-electron chi connectivity index (χ2n) is 6.81. The van der Waals surface area contributed by atoms with Crippen molar-refractivity contribution in [2.75, 3.05) is 33.0 Å². The minimum Gasteiger partial charge on any atom is -0.339 e. The molecule has 7 nitrogen and oxygen atoms in total. The molecule has 0 heterocycles. The number of hydrogen-bond acceptors (Lipinski definition) is 5. The molecule has 1 N–H and O–H groups in total. The molecule has 0 radical (unpaired) electrons. The lowest BCUT2D eigenvalue weighted by Crippen LogP contribution is -2.35.